The van der Waals surface area contributed by atoms with Gasteiger partial charge in [0, 0.05) is 18.6 Å². The molecule has 0 aromatic heterocycles. The van der Waals surface area contributed by atoms with E-state index in [0.717, 1.165) is 25.8 Å². The molecule has 2 rings (SSSR count). The van der Waals surface area contributed by atoms with E-state index in [1.54, 1.807) is 0 Å². The van der Waals surface area contributed by atoms with Crippen molar-refractivity contribution in [3.8, 4) is 0 Å². The second kappa shape index (κ2) is 6.92. The lowest BCUT2D eigenvalue weighted by atomic mass is 9.86. The molecule has 6 heteroatoms. The molecule has 0 bridgehead atoms. The summed E-state index contributed by atoms with van der Waals surface area (Å²) in [4.78, 5) is 25.0. The molecule has 1 saturated carbocycles. The van der Waals surface area contributed by atoms with E-state index in [4.69, 9.17) is 5.11 Å². The molecule has 2 aliphatic rings. The molecule has 114 valence electrons. The maximum absolute atomic E-state index is 11.8. The number of carboxylic acids is 1. The van der Waals surface area contributed by atoms with Crippen LogP contribution in [0.15, 0.2) is 0 Å². The minimum Gasteiger partial charge on any atom is -0.481 e. The van der Waals surface area contributed by atoms with Crippen LogP contribution in [0.5, 0.6) is 0 Å². The van der Waals surface area contributed by atoms with Crippen molar-refractivity contribution in [3.05, 3.63) is 0 Å². The van der Waals surface area contributed by atoms with Gasteiger partial charge in [-0.05, 0) is 52.1 Å². The van der Waals surface area contributed by atoms with Gasteiger partial charge in [0.2, 0.25) is 0 Å². The molecule has 1 saturated heterocycles. The third-order valence-corrected chi connectivity index (χ3v) is 4.58. The average molecular weight is 283 g/mol. The molecular weight excluding hydrogens is 258 g/mol. The normalized spacial score (nSPS) is 30.9. The van der Waals surface area contributed by atoms with Crippen LogP contribution < -0.4 is 10.6 Å². The lowest BCUT2D eigenvalue weighted by molar-refractivity contribution is -0.142. The minimum atomic E-state index is -0.711. The summed E-state index contributed by atoms with van der Waals surface area (Å²) in [5.74, 6) is -0.944. The summed E-state index contributed by atoms with van der Waals surface area (Å²) in [6, 6.07) is 0.444. The van der Waals surface area contributed by atoms with Gasteiger partial charge < -0.3 is 20.6 Å². The van der Waals surface area contributed by atoms with Crippen molar-refractivity contribution in [3.63, 3.8) is 0 Å². The molecule has 6 nitrogen and oxygen atoms in total. The molecule has 3 N–H and O–H groups in total. The number of likely N-dealkylation sites (tertiary alicyclic amines) is 1. The number of rotatable bonds is 4. The number of carbonyl (C=O) groups excluding carboxylic acids is 1. The van der Waals surface area contributed by atoms with E-state index >= 15 is 0 Å². The molecule has 1 atom stereocenters. The Balaban J connectivity index is 1.64. The summed E-state index contributed by atoms with van der Waals surface area (Å²) in [5.41, 5.74) is 0. The standard InChI is InChI=1S/C14H25N3O3/c1-17-8-2-3-12(17)9-15-14(20)16-11-6-4-10(5-7-11)13(18)19/h10-12H,2-9H2,1H3,(H,18,19)(H2,15,16,20). The zero-order valence-corrected chi connectivity index (χ0v) is 12.1. The van der Waals surface area contributed by atoms with Gasteiger partial charge in [-0.3, -0.25) is 4.79 Å². The van der Waals surface area contributed by atoms with E-state index in [1.807, 2.05) is 0 Å². The first-order chi connectivity index (χ1) is 9.56. The molecule has 0 aromatic rings. The van der Waals surface area contributed by atoms with E-state index in [-0.39, 0.29) is 18.0 Å². The van der Waals surface area contributed by atoms with Crippen LogP contribution in [-0.4, -0.2) is 54.2 Å². The van der Waals surface area contributed by atoms with E-state index in [2.05, 4.69) is 22.6 Å². The maximum Gasteiger partial charge on any atom is 0.315 e. The smallest absolute Gasteiger partial charge is 0.315 e. The highest BCUT2D eigenvalue weighted by Crippen LogP contribution is 2.24. The zero-order valence-electron chi connectivity index (χ0n) is 12.1. The number of amides is 2. The Kier molecular flexibility index (Phi) is 5.23. The Morgan fingerprint density at radius 2 is 1.90 bits per heavy atom. The molecule has 20 heavy (non-hydrogen) atoms. The molecule has 0 aromatic carbocycles. The average Bonchev–Trinajstić information content (AvgIpc) is 2.82. The fourth-order valence-electron chi connectivity index (χ4n) is 3.17. The number of likely N-dealkylation sites (N-methyl/N-ethyl adjacent to an activating group) is 1. The molecular formula is C14H25N3O3. The lowest BCUT2D eigenvalue weighted by Crippen LogP contribution is -2.47. The van der Waals surface area contributed by atoms with E-state index < -0.39 is 5.97 Å². The van der Waals surface area contributed by atoms with Crippen LogP contribution in [0.25, 0.3) is 0 Å². The molecule has 2 fully saturated rings. The van der Waals surface area contributed by atoms with Crippen molar-refractivity contribution in [2.45, 2.75) is 50.6 Å². The number of nitrogens with one attached hydrogen (secondary N) is 2. The van der Waals surface area contributed by atoms with Crippen molar-refractivity contribution >= 4 is 12.0 Å². The van der Waals surface area contributed by atoms with Crippen molar-refractivity contribution in [1.82, 2.24) is 15.5 Å². The van der Waals surface area contributed by atoms with Gasteiger partial charge in [-0.25, -0.2) is 4.79 Å². The van der Waals surface area contributed by atoms with Crippen molar-refractivity contribution < 1.29 is 14.7 Å². The molecule has 2 amide bonds. The number of urea groups is 1. The first kappa shape index (κ1) is 15.1. The Morgan fingerprint density at radius 3 is 2.45 bits per heavy atom. The highest BCUT2D eigenvalue weighted by molar-refractivity contribution is 5.74. The predicted molar refractivity (Wildman–Crippen MR) is 75.6 cm³/mol. The van der Waals surface area contributed by atoms with Gasteiger partial charge in [-0.2, -0.15) is 0 Å². The first-order valence-corrected chi connectivity index (χ1v) is 7.53. The summed E-state index contributed by atoms with van der Waals surface area (Å²) in [6.45, 7) is 1.79. The molecule has 1 heterocycles. The van der Waals surface area contributed by atoms with E-state index in [9.17, 15) is 9.59 Å². The second-order valence-electron chi connectivity index (χ2n) is 6.02. The van der Waals surface area contributed by atoms with Gasteiger partial charge in [0.15, 0.2) is 0 Å². The fraction of sp³-hybridized carbons (Fsp3) is 0.857. The Bertz CT molecular complexity index is 354. The minimum absolute atomic E-state index is 0.118. The van der Waals surface area contributed by atoms with Gasteiger partial charge in [-0.15, -0.1) is 0 Å². The van der Waals surface area contributed by atoms with Gasteiger partial charge in [0.1, 0.15) is 0 Å². The third-order valence-electron chi connectivity index (χ3n) is 4.58. The van der Waals surface area contributed by atoms with Crippen molar-refractivity contribution in [2.24, 2.45) is 5.92 Å². The van der Waals surface area contributed by atoms with E-state index in [1.165, 1.54) is 6.42 Å². The zero-order chi connectivity index (χ0) is 14.5. The van der Waals surface area contributed by atoms with Crippen LogP contribution in [-0.2, 0) is 4.79 Å². The van der Waals surface area contributed by atoms with Crippen LogP contribution in [0.2, 0.25) is 0 Å². The van der Waals surface area contributed by atoms with Gasteiger partial charge in [-0.1, -0.05) is 0 Å². The third kappa shape index (κ3) is 4.10. The van der Waals surface area contributed by atoms with Crippen LogP contribution in [0.4, 0.5) is 4.79 Å². The highest BCUT2D eigenvalue weighted by Gasteiger charge is 2.27. The van der Waals surface area contributed by atoms with Gasteiger partial charge in [0.25, 0.3) is 0 Å². The summed E-state index contributed by atoms with van der Waals surface area (Å²) in [5, 5.41) is 14.8. The van der Waals surface area contributed by atoms with Gasteiger partial charge >= 0.3 is 12.0 Å². The second-order valence-corrected chi connectivity index (χ2v) is 6.02. The van der Waals surface area contributed by atoms with Crippen LogP contribution in [0, 0.1) is 5.92 Å². The SMILES string of the molecule is CN1CCCC1CNC(=O)NC1CCC(C(=O)O)CC1. The van der Waals surface area contributed by atoms with Crippen LogP contribution >= 0.6 is 0 Å². The van der Waals surface area contributed by atoms with Crippen LogP contribution in [0.3, 0.4) is 0 Å². The van der Waals surface area contributed by atoms with Gasteiger partial charge in [0.05, 0.1) is 5.92 Å². The predicted octanol–water partition coefficient (Wildman–Crippen LogP) is 1.02. The number of carboxylic acid groups (broad SMARTS) is 1. The summed E-state index contributed by atoms with van der Waals surface area (Å²) in [7, 11) is 2.09. The molecule has 1 unspecified atom stereocenters. The monoisotopic (exact) mass is 283 g/mol. The van der Waals surface area contributed by atoms with Crippen molar-refractivity contribution in [2.75, 3.05) is 20.1 Å². The summed E-state index contributed by atoms with van der Waals surface area (Å²) in [6.07, 6.45) is 5.17. The number of nitrogens with zero attached hydrogens (tertiary/aromatic N) is 1. The number of aliphatic carboxylic acids is 1. The van der Waals surface area contributed by atoms with E-state index in [0.29, 0.717) is 25.4 Å². The largest absolute Gasteiger partial charge is 0.481 e. The Hall–Kier alpha value is -1.30. The first-order valence-electron chi connectivity index (χ1n) is 7.53. The fourth-order valence-corrected chi connectivity index (χ4v) is 3.17. The summed E-state index contributed by atoms with van der Waals surface area (Å²) < 4.78 is 0. The van der Waals surface area contributed by atoms with Crippen molar-refractivity contribution in [1.29, 1.82) is 0 Å². The number of hydrogen-bond donors (Lipinski definition) is 3. The molecule has 0 spiro atoms. The Morgan fingerprint density at radius 1 is 1.20 bits per heavy atom. The number of hydrogen-bond acceptors (Lipinski definition) is 3. The topological polar surface area (TPSA) is 81.7 Å². The molecule has 1 aliphatic heterocycles. The quantitative estimate of drug-likeness (QED) is 0.719. The highest BCUT2D eigenvalue weighted by atomic mass is 16.4. The van der Waals surface area contributed by atoms with Crippen LogP contribution in [0.1, 0.15) is 38.5 Å². The maximum atomic E-state index is 11.8. The lowest BCUT2D eigenvalue weighted by Gasteiger charge is -2.27. The summed E-state index contributed by atoms with van der Waals surface area (Å²) >= 11 is 0. The number of carbonyl (C=O) groups is 2. The molecule has 1 aliphatic carbocycles. The Labute approximate surface area is 119 Å². The molecule has 0 radical (unpaired) electrons.